The van der Waals surface area contributed by atoms with Crippen LogP contribution >= 0.6 is 0 Å². The molecule has 7 nitrogen and oxygen atoms in total. The highest BCUT2D eigenvalue weighted by Crippen LogP contribution is 2.41. The largest absolute Gasteiger partial charge is 0.497 e. The zero-order valence-corrected chi connectivity index (χ0v) is 21.9. The SMILES string of the molecule is COc1ccc2ncc(CF)c(C(F)CCC3(C(=O)NO)CCN(CCOc4cc(F)c(F)c(F)c4)CC3)c2c1. The molecule has 2 aromatic carbocycles. The van der Waals surface area contributed by atoms with Crippen molar-refractivity contribution in [3.63, 3.8) is 0 Å². The van der Waals surface area contributed by atoms with E-state index in [9.17, 15) is 27.6 Å². The molecule has 1 unspecified atom stereocenters. The quantitative estimate of drug-likeness (QED) is 0.136. The summed E-state index contributed by atoms with van der Waals surface area (Å²) >= 11 is 0. The number of carbonyl (C=O) groups excluding carboxylic acids is 1. The molecule has 4 rings (SSSR count). The van der Waals surface area contributed by atoms with Crippen molar-refractivity contribution in [3.8, 4) is 11.5 Å². The molecule has 1 aliphatic heterocycles. The lowest BCUT2D eigenvalue weighted by Gasteiger charge is -2.40. The Labute approximate surface area is 227 Å². The number of amides is 1. The van der Waals surface area contributed by atoms with Gasteiger partial charge in [-0.25, -0.2) is 27.4 Å². The number of likely N-dealkylation sites (tertiary alicyclic amines) is 1. The van der Waals surface area contributed by atoms with Crippen LogP contribution in [0.25, 0.3) is 10.9 Å². The van der Waals surface area contributed by atoms with Gasteiger partial charge in [0.15, 0.2) is 17.5 Å². The molecule has 216 valence electrons. The molecule has 1 atom stereocenters. The lowest BCUT2D eigenvalue weighted by molar-refractivity contribution is -0.143. The van der Waals surface area contributed by atoms with E-state index < -0.39 is 41.6 Å². The van der Waals surface area contributed by atoms with Gasteiger partial charge >= 0.3 is 0 Å². The first-order valence-electron chi connectivity index (χ1n) is 12.8. The number of hydrogen-bond acceptors (Lipinski definition) is 6. The number of rotatable bonds is 11. The van der Waals surface area contributed by atoms with Crippen LogP contribution in [-0.4, -0.2) is 54.3 Å². The third-order valence-corrected chi connectivity index (χ3v) is 7.56. The third-order valence-electron chi connectivity index (χ3n) is 7.56. The zero-order chi connectivity index (χ0) is 28.9. The van der Waals surface area contributed by atoms with E-state index in [0.29, 0.717) is 49.1 Å². The zero-order valence-electron chi connectivity index (χ0n) is 21.9. The number of nitrogens with one attached hydrogen (secondary N) is 1. The number of methoxy groups -OCH3 is 1. The summed E-state index contributed by atoms with van der Waals surface area (Å²) < 4.78 is 80.1. The molecule has 1 aromatic heterocycles. The highest BCUT2D eigenvalue weighted by molar-refractivity contribution is 5.85. The van der Waals surface area contributed by atoms with E-state index in [2.05, 4.69) is 4.98 Å². The molecule has 1 fully saturated rings. The maximum absolute atomic E-state index is 15.8. The minimum Gasteiger partial charge on any atom is -0.497 e. The van der Waals surface area contributed by atoms with Crippen LogP contribution in [0.4, 0.5) is 22.0 Å². The van der Waals surface area contributed by atoms with Crippen LogP contribution in [0, 0.1) is 22.9 Å². The molecule has 0 aliphatic carbocycles. The number of alkyl halides is 2. The molecule has 0 spiro atoms. The summed E-state index contributed by atoms with van der Waals surface area (Å²) in [5.41, 5.74) is 1.41. The number of carbonyl (C=O) groups is 1. The number of hydroxylamine groups is 1. The van der Waals surface area contributed by atoms with E-state index in [4.69, 9.17) is 9.47 Å². The maximum atomic E-state index is 15.8. The fourth-order valence-electron chi connectivity index (χ4n) is 5.21. The molecule has 2 heterocycles. The standard InChI is InChI=1S/C28H30F5N3O4/c1-39-18-2-3-24-20(12-18)25(17(15-29)16-34-24)21(30)4-5-28(27(37)35-38)6-8-36(9-7-28)10-11-40-19-13-22(31)26(33)23(32)14-19/h2-3,12-14,16,21,38H,4-11,15H2,1H3,(H,35,37). The van der Waals surface area contributed by atoms with Gasteiger partial charge in [-0.3, -0.25) is 19.9 Å². The number of halogens is 5. The van der Waals surface area contributed by atoms with Crippen molar-refractivity contribution in [3.05, 3.63) is 65.1 Å². The number of aromatic nitrogens is 1. The number of piperidine rings is 1. The second kappa shape index (κ2) is 12.8. The van der Waals surface area contributed by atoms with Gasteiger partial charge in [-0.1, -0.05) is 0 Å². The highest BCUT2D eigenvalue weighted by atomic mass is 19.2. The molecule has 12 heteroatoms. The summed E-state index contributed by atoms with van der Waals surface area (Å²) in [4.78, 5) is 18.9. The van der Waals surface area contributed by atoms with Crippen molar-refractivity contribution in [2.24, 2.45) is 5.41 Å². The van der Waals surface area contributed by atoms with Crippen molar-refractivity contribution in [1.29, 1.82) is 0 Å². The van der Waals surface area contributed by atoms with E-state index in [1.54, 1.807) is 23.7 Å². The number of ether oxygens (including phenoxy) is 2. The lowest BCUT2D eigenvalue weighted by Crippen LogP contribution is -2.49. The number of fused-ring (bicyclic) bond motifs is 1. The smallest absolute Gasteiger partial charge is 0.249 e. The molecule has 0 radical (unpaired) electrons. The summed E-state index contributed by atoms with van der Waals surface area (Å²) in [6.07, 6.45) is 0.302. The first-order valence-corrected chi connectivity index (χ1v) is 12.8. The van der Waals surface area contributed by atoms with Gasteiger partial charge in [-0.15, -0.1) is 0 Å². The van der Waals surface area contributed by atoms with Crippen LogP contribution < -0.4 is 15.0 Å². The van der Waals surface area contributed by atoms with E-state index in [1.165, 1.54) is 13.3 Å². The van der Waals surface area contributed by atoms with Crippen molar-refractivity contribution in [2.45, 2.75) is 38.5 Å². The van der Waals surface area contributed by atoms with Crippen LogP contribution in [0.15, 0.2) is 36.5 Å². The molecule has 2 N–H and O–H groups in total. The van der Waals surface area contributed by atoms with E-state index in [0.717, 1.165) is 12.1 Å². The second-order valence-corrected chi connectivity index (χ2v) is 9.83. The topological polar surface area (TPSA) is 83.9 Å². The van der Waals surface area contributed by atoms with Crippen molar-refractivity contribution in [1.82, 2.24) is 15.4 Å². The van der Waals surface area contributed by atoms with Crippen molar-refractivity contribution in [2.75, 3.05) is 33.4 Å². The molecular weight excluding hydrogens is 537 g/mol. The van der Waals surface area contributed by atoms with Crippen LogP contribution in [0.5, 0.6) is 11.5 Å². The normalized spacial score (nSPS) is 16.1. The fourth-order valence-corrected chi connectivity index (χ4v) is 5.21. The minimum absolute atomic E-state index is 0.0564. The van der Waals surface area contributed by atoms with Gasteiger partial charge in [0.1, 0.15) is 31.0 Å². The molecule has 0 bridgehead atoms. The highest BCUT2D eigenvalue weighted by Gasteiger charge is 2.41. The number of benzene rings is 2. The van der Waals surface area contributed by atoms with Gasteiger partial charge in [0.2, 0.25) is 5.91 Å². The third kappa shape index (κ3) is 6.28. The molecule has 1 aliphatic rings. The molecule has 1 amide bonds. The Morgan fingerprint density at radius 1 is 1.15 bits per heavy atom. The summed E-state index contributed by atoms with van der Waals surface area (Å²) in [5.74, 6) is -4.57. The Hall–Kier alpha value is -3.51. The Morgan fingerprint density at radius 3 is 2.48 bits per heavy atom. The summed E-state index contributed by atoms with van der Waals surface area (Å²) in [7, 11) is 1.47. The Kier molecular flexibility index (Phi) is 9.41. The fraction of sp³-hybridized carbons (Fsp3) is 0.429. The molecule has 0 saturated carbocycles. The number of hydrogen-bond donors (Lipinski definition) is 2. The first-order chi connectivity index (χ1) is 19.2. The minimum atomic E-state index is -1.60. The van der Waals surface area contributed by atoms with Gasteiger partial charge in [0.25, 0.3) is 0 Å². The number of nitrogens with zero attached hydrogens (tertiary/aromatic N) is 2. The summed E-state index contributed by atoms with van der Waals surface area (Å²) in [6.45, 7) is 0.317. The average molecular weight is 568 g/mol. The Bertz CT molecular complexity index is 1320. The van der Waals surface area contributed by atoms with Gasteiger partial charge in [-0.05, 0) is 57.0 Å². The molecular formula is C28H30F5N3O4. The van der Waals surface area contributed by atoms with Crippen LogP contribution in [-0.2, 0) is 11.5 Å². The summed E-state index contributed by atoms with van der Waals surface area (Å²) in [5, 5.41) is 9.86. The molecule has 40 heavy (non-hydrogen) atoms. The Balaban J connectivity index is 1.41. The van der Waals surface area contributed by atoms with Crippen molar-refractivity contribution < 1.29 is 41.4 Å². The van der Waals surface area contributed by atoms with E-state index in [-0.39, 0.29) is 36.3 Å². The van der Waals surface area contributed by atoms with Crippen LogP contribution in [0.1, 0.15) is 43.0 Å². The van der Waals surface area contributed by atoms with Gasteiger partial charge in [0.05, 0.1) is 18.0 Å². The van der Waals surface area contributed by atoms with E-state index in [1.807, 2.05) is 4.90 Å². The number of pyridine rings is 1. The summed E-state index contributed by atoms with van der Waals surface area (Å²) in [6, 6.07) is 6.46. The van der Waals surface area contributed by atoms with Gasteiger partial charge < -0.3 is 9.47 Å². The van der Waals surface area contributed by atoms with Gasteiger partial charge in [-0.2, -0.15) is 0 Å². The first kappa shape index (κ1) is 29.5. The predicted molar refractivity (Wildman–Crippen MR) is 136 cm³/mol. The molecule has 1 saturated heterocycles. The maximum Gasteiger partial charge on any atom is 0.249 e. The van der Waals surface area contributed by atoms with Crippen molar-refractivity contribution >= 4 is 16.8 Å². The molecule has 3 aromatic rings. The monoisotopic (exact) mass is 567 g/mol. The van der Waals surface area contributed by atoms with E-state index >= 15 is 4.39 Å². The Morgan fingerprint density at radius 2 is 1.85 bits per heavy atom. The predicted octanol–water partition coefficient (Wildman–Crippen LogP) is 5.59. The average Bonchev–Trinajstić information content (AvgIpc) is 2.97. The van der Waals surface area contributed by atoms with Crippen LogP contribution in [0.3, 0.4) is 0 Å². The second-order valence-electron chi connectivity index (χ2n) is 9.83. The van der Waals surface area contributed by atoms with Crippen LogP contribution in [0.2, 0.25) is 0 Å². The van der Waals surface area contributed by atoms with Gasteiger partial charge in [0, 0.05) is 41.4 Å². The lowest BCUT2D eigenvalue weighted by atomic mass is 9.73.